The maximum atomic E-state index is 12.8. The number of nitrogens with zero attached hydrogens (tertiary/aromatic N) is 3. The van der Waals surface area contributed by atoms with Crippen LogP contribution in [0.4, 0.5) is 5.95 Å². The second-order valence-corrected chi connectivity index (χ2v) is 7.64. The SMILES string of the molecule is CN(C)c1ncc(CNC(=O)[C@@H]2C[C@@]23CCCc2ccccc23)n1C. The Morgan fingerprint density at radius 1 is 1.40 bits per heavy atom. The summed E-state index contributed by atoms with van der Waals surface area (Å²) in [6.45, 7) is 0.532. The Bertz CT molecular complexity index is 810. The zero-order valence-electron chi connectivity index (χ0n) is 15.2. The molecule has 0 radical (unpaired) electrons. The minimum atomic E-state index is 0.0974. The van der Waals surface area contributed by atoms with Crippen molar-refractivity contribution in [3.8, 4) is 0 Å². The number of amides is 1. The van der Waals surface area contributed by atoms with Crippen LogP contribution < -0.4 is 10.2 Å². The Hall–Kier alpha value is -2.30. The third-order valence-corrected chi connectivity index (χ3v) is 5.92. The van der Waals surface area contributed by atoms with E-state index in [1.807, 2.05) is 36.8 Å². The van der Waals surface area contributed by atoms with E-state index in [0.29, 0.717) is 6.54 Å². The van der Waals surface area contributed by atoms with Gasteiger partial charge in [-0.15, -0.1) is 0 Å². The number of benzene rings is 1. The van der Waals surface area contributed by atoms with E-state index in [1.54, 1.807) is 0 Å². The van der Waals surface area contributed by atoms with E-state index in [0.717, 1.165) is 30.9 Å². The molecule has 1 spiro atoms. The first-order valence-corrected chi connectivity index (χ1v) is 9.07. The van der Waals surface area contributed by atoms with Gasteiger partial charge in [0, 0.05) is 32.5 Å². The molecule has 1 N–H and O–H groups in total. The van der Waals surface area contributed by atoms with Crippen molar-refractivity contribution in [3.05, 3.63) is 47.3 Å². The average molecular weight is 338 g/mol. The zero-order chi connectivity index (χ0) is 17.6. The molecule has 1 saturated carbocycles. The number of imidazole rings is 1. The number of fused-ring (bicyclic) bond motifs is 2. The van der Waals surface area contributed by atoms with Crippen LogP contribution in [0.3, 0.4) is 0 Å². The fourth-order valence-electron chi connectivity index (χ4n) is 4.49. The molecule has 25 heavy (non-hydrogen) atoms. The number of aryl methyl sites for hydroxylation is 1. The zero-order valence-corrected chi connectivity index (χ0v) is 15.2. The van der Waals surface area contributed by atoms with Gasteiger partial charge in [0.2, 0.25) is 11.9 Å². The van der Waals surface area contributed by atoms with Crippen LogP contribution in [0.1, 0.15) is 36.1 Å². The molecule has 2 atom stereocenters. The fraction of sp³-hybridized carbons (Fsp3) is 0.500. The molecule has 0 aliphatic heterocycles. The molecule has 0 unspecified atom stereocenters. The summed E-state index contributed by atoms with van der Waals surface area (Å²) in [4.78, 5) is 19.1. The first-order valence-electron chi connectivity index (χ1n) is 9.07. The lowest BCUT2D eigenvalue weighted by molar-refractivity contribution is -0.123. The van der Waals surface area contributed by atoms with Gasteiger partial charge in [-0.2, -0.15) is 0 Å². The summed E-state index contributed by atoms with van der Waals surface area (Å²) in [7, 11) is 5.93. The normalized spacial score (nSPS) is 24.0. The van der Waals surface area contributed by atoms with Crippen molar-refractivity contribution in [2.45, 2.75) is 37.6 Å². The van der Waals surface area contributed by atoms with Crippen LogP contribution in [-0.4, -0.2) is 29.6 Å². The van der Waals surface area contributed by atoms with Gasteiger partial charge in [0.1, 0.15) is 0 Å². The van der Waals surface area contributed by atoms with Gasteiger partial charge in [0.25, 0.3) is 0 Å². The summed E-state index contributed by atoms with van der Waals surface area (Å²) in [6.07, 6.45) is 6.31. The topological polar surface area (TPSA) is 50.2 Å². The van der Waals surface area contributed by atoms with Crippen molar-refractivity contribution in [1.82, 2.24) is 14.9 Å². The van der Waals surface area contributed by atoms with Crippen molar-refractivity contribution >= 4 is 11.9 Å². The van der Waals surface area contributed by atoms with Crippen LogP contribution in [0.5, 0.6) is 0 Å². The molecule has 5 nitrogen and oxygen atoms in total. The minimum absolute atomic E-state index is 0.0974. The minimum Gasteiger partial charge on any atom is -0.350 e. The number of aromatic nitrogens is 2. The predicted molar refractivity (Wildman–Crippen MR) is 98.5 cm³/mol. The quantitative estimate of drug-likeness (QED) is 0.931. The summed E-state index contributed by atoms with van der Waals surface area (Å²) in [6, 6.07) is 8.67. The smallest absolute Gasteiger partial charge is 0.224 e. The molecule has 1 heterocycles. The first-order chi connectivity index (χ1) is 12.0. The van der Waals surface area contributed by atoms with Crippen LogP contribution in [0.2, 0.25) is 0 Å². The van der Waals surface area contributed by atoms with Crippen LogP contribution in [0.15, 0.2) is 30.5 Å². The average Bonchev–Trinajstić information content (AvgIpc) is 3.19. The molecule has 2 aliphatic carbocycles. The summed E-state index contributed by atoms with van der Waals surface area (Å²) < 4.78 is 2.03. The van der Waals surface area contributed by atoms with Crippen molar-refractivity contribution in [2.24, 2.45) is 13.0 Å². The van der Waals surface area contributed by atoms with Crippen molar-refractivity contribution in [1.29, 1.82) is 0 Å². The molecular weight excluding hydrogens is 312 g/mol. The highest BCUT2D eigenvalue weighted by atomic mass is 16.2. The molecule has 1 amide bonds. The lowest BCUT2D eigenvalue weighted by Crippen LogP contribution is -2.30. The number of carbonyl (C=O) groups excluding carboxylic acids is 1. The largest absolute Gasteiger partial charge is 0.350 e. The molecule has 1 aromatic heterocycles. The molecule has 0 bridgehead atoms. The van der Waals surface area contributed by atoms with E-state index >= 15 is 0 Å². The molecule has 2 aliphatic rings. The molecule has 5 heteroatoms. The molecule has 1 fully saturated rings. The number of anilines is 1. The van der Waals surface area contributed by atoms with E-state index in [1.165, 1.54) is 17.5 Å². The number of rotatable bonds is 4. The van der Waals surface area contributed by atoms with Crippen molar-refractivity contribution < 1.29 is 4.79 Å². The first kappa shape index (κ1) is 16.2. The molecule has 132 valence electrons. The maximum absolute atomic E-state index is 12.8. The summed E-state index contributed by atoms with van der Waals surface area (Å²) in [5.41, 5.74) is 3.97. The monoisotopic (exact) mass is 338 g/mol. The Labute approximate surface area is 149 Å². The molecule has 2 aromatic rings. The molecule has 1 aromatic carbocycles. The van der Waals surface area contributed by atoms with Gasteiger partial charge in [-0.3, -0.25) is 4.79 Å². The van der Waals surface area contributed by atoms with Crippen LogP contribution in [0, 0.1) is 5.92 Å². The fourth-order valence-corrected chi connectivity index (χ4v) is 4.49. The molecular formula is C20H26N4O. The van der Waals surface area contributed by atoms with Gasteiger partial charge in [-0.25, -0.2) is 4.98 Å². The van der Waals surface area contributed by atoms with Crippen LogP contribution in [-0.2, 0) is 30.2 Å². The standard InChI is InChI=1S/C20H26N4O/c1-23(2)19-22-13-15(24(19)3)12-21-18(25)17-11-20(17)10-6-8-14-7-4-5-9-16(14)20/h4-5,7,9,13,17H,6,8,10-12H2,1-3H3,(H,21,25)/t17-,20+/m0/s1. The lowest BCUT2D eigenvalue weighted by Gasteiger charge is -2.26. The van der Waals surface area contributed by atoms with Gasteiger partial charge in [0.05, 0.1) is 18.4 Å². The predicted octanol–water partition coefficient (Wildman–Crippen LogP) is 2.40. The number of carbonyl (C=O) groups is 1. The summed E-state index contributed by atoms with van der Waals surface area (Å²) in [5, 5.41) is 3.14. The number of hydrogen-bond acceptors (Lipinski definition) is 3. The van der Waals surface area contributed by atoms with Gasteiger partial charge >= 0.3 is 0 Å². The van der Waals surface area contributed by atoms with Crippen LogP contribution in [0.25, 0.3) is 0 Å². The highest BCUT2D eigenvalue weighted by molar-refractivity contribution is 5.84. The Morgan fingerprint density at radius 2 is 2.20 bits per heavy atom. The van der Waals surface area contributed by atoms with Gasteiger partial charge in [-0.05, 0) is 36.8 Å². The summed E-state index contributed by atoms with van der Waals surface area (Å²) >= 11 is 0. The Kier molecular flexibility index (Phi) is 3.82. The van der Waals surface area contributed by atoms with Crippen molar-refractivity contribution in [3.63, 3.8) is 0 Å². The lowest BCUT2D eigenvalue weighted by atomic mass is 9.78. The van der Waals surface area contributed by atoms with E-state index < -0.39 is 0 Å². The summed E-state index contributed by atoms with van der Waals surface area (Å²) in [5.74, 6) is 1.20. The Balaban J connectivity index is 1.44. The molecule has 4 rings (SSSR count). The number of nitrogens with one attached hydrogen (secondary N) is 1. The van der Waals surface area contributed by atoms with E-state index in [4.69, 9.17) is 0 Å². The van der Waals surface area contributed by atoms with Crippen molar-refractivity contribution in [2.75, 3.05) is 19.0 Å². The second-order valence-electron chi connectivity index (χ2n) is 7.64. The molecule has 0 saturated heterocycles. The van der Waals surface area contributed by atoms with Crippen LogP contribution >= 0.6 is 0 Å². The van der Waals surface area contributed by atoms with Gasteiger partial charge < -0.3 is 14.8 Å². The van der Waals surface area contributed by atoms with E-state index in [-0.39, 0.29) is 17.2 Å². The van der Waals surface area contributed by atoms with E-state index in [2.05, 4.69) is 34.6 Å². The van der Waals surface area contributed by atoms with Gasteiger partial charge in [0.15, 0.2) is 0 Å². The second kappa shape index (κ2) is 5.90. The van der Waals surface area contributed by atoms with E-state index in [9.17, 15) is 4.79 Å². The third-order valence-electron chi connectivity index (χ3n) is 5.92. The van der Waals surface area contributed by atoms with Gasteiger partial charge in [-0.1, -0.05) is 24.3 Å². The third kappa shape index (κ3) is 2.62. The Morgan fingerprint density at radius 3 is 2.96 bits per heavy atom. The highest BCUT2D eigenvalue weighted by Gasteiger charge is 2.59. The number of hydrogen-bond donors (Lipinski definition) is 1. The maximum Gasteiger partial charge on any atom is 0.224 e. The highest BCUT2D eigenvalue weighted by Crippen LogP contribution is 2.60.